The zero-order chi connectivity index (χ0) is 19.1. The van der Waals surface area contributed by atoms with Gasteiger partial charge < -0.3 is 15.0 Å². The highest BCUT2D eigenvalue weighted by Crippen LogP contribution is 2.37. The molecule has 2 aliphatic heterocycles. The molecule has 146 valence electrons. The molecular formula is C24H28N2O2. The SMILES string of the molecule is Cc1cc(C2CCN(C(=O)C3CC3)CC2)ccc1NC1COc2ccccc21. The number of aryl methyl sites for hydroxylation is 1. The highest BCUT2D eigenvalue weighted by atomic mass is 16.5. The van der Waals surface area contributed by atoms with Crippen LogP contribution in [0.25, 0.3) is 0 Å². The van der Waals surface area contributed by atoms with Crippen LogP contribution in [0.3, 0.4) is 0 Å². The molecule has 1 aliphatic carbocycles. The van der Waals surface area contributed by atoms with E-state index in [0.29, 0.717) is 24.3 Å². The van der Waals surface area contributed by atoms with Gasteiger partial charge in [-0.25, -0.2) is 0 Å². The molecule has 28 heavy (non-hydrogen) atoms. The topological polar surface area (TPSA) is 41.6 Å². The van der Waals surface area contributed by atoms with Crippen LogP contribution in [0.5, 0.6) is 5.75 Å². The minimum atomic E-state index is 0.206. The molecule has 1 atom stereocenters. The van der Waals surface area contributed by atoms with Crippen molar-refractivity contribution in [3.63, 3.8) is 0 Å². The fourth-order valence-corrected chi connectivity index (χ4v) is 4.59. The van der Waals surface area contributed by atoms with E-state index in [2.05, 4.69) is 47.5 Å². The summed E-state index contributed by atoms with van der Waals surface area (Å²) in [7, 11) is 0. The molecule has 0 radical (unpaired) electrons. The number of rotatable bonds is 4. The fourth-order valence-electron chi connectivity index (χ4n) is 4.59. The van der Waals surface area contributed by atoms with Crippen LogP contribution in [0.15, 0.2) is 42.5 Å². The summed E-state index contributed by atoms with van der Waals surface area (Å²) in [6, 6.07) is 15.3. The molecular weight excluding hydrogens is 348 g/mol. The maximum atomic E-state index is 12.3. The van der Waals surface area contributed by atoms with Gasteiger partial charge in [-0.15, -0.1) is 0 Å². The van der Waals surface area contributed by atoms with Crippen molar-refractivity contribution in [2.75, 3.05) is 25.0 Å². The summed E-state index contributed by atoms with van der Waals surface area (Å²) >= 11 is 0. The molecule has 1 N–H and O–H groups in total. The Morgan fingerprint density at radius 2 is 1.86 bits per heavy atom. The average molecular weight is 377 g/mol. The average Bonchev–Trinajstić information content (AvgIpc) is 3.51. The van der Waals surface area contributed by atoms with Gasteiger partial charge in [0.25, 0.3) is 0 Å². The van der Waals surface area contributed by atoms with Crippen molar-refractivity contribution >= 4 is 11.6 Å². The molecule has 1 saturated heterocycles. The predicted octanol–water partition coefficient (Wildman–Crippen LogP) is 4.66. The summed E-state index contributed by atoms with van der Waals surface area (Å²) in [5.41, 5.74) is 5.09. The van der Waals surface area contributed by atoms with Gasteiger partial charge in [0, 0.05) is 30.3 Å². The Hall–Kier alpha value is -2.49. The second-order valence-electron chi connectivity index (χ2n) is 8.49. The molecule has 1 saturated carbocycles. The highest BCUT2D eigenvalue weighted by molar-refractivity contribution is 5.81. The molecule has 5 rings (SSSR count). The number of carbonyl (C=O) groups is 1. The first-order valence-corrected chi connectivity index (χ1v) is 10.6. The van der Waals surface area contributed by atoms with E-state index in [4.69, 9.17) is 4.74 Å². The number of nitrogens with one attached hydrogen (secondary N) is 1. The zero-order valence-electron chi connectivity index (χ0n) is 16.5. The number of anilines is 1. The Labute approximate surface area is 166 Å². The quantitative estimate of drug-likeness (QED) is 0.844. The Kier molecular flexibility index (Phi) is 4.50. The van der Waals surface area contributed by atoms with E-state index in [0.717, 1.165) is 44.5 Å². The molecule has 1 unspecified atom stereocenters. The van der Waals surface area contributed by atoms with Crippen molar-refractivity contribution in [1.29, 1.82) is 0 Å². The van der Waals surface area contributed by atoms with Gasteiger partial charge in [-0.1, -0.05) is 30.3 Å². The van der Waals surface area contributed by atoms with Crippen LogP contribution >= 0.6 is 0 Å². The number of hydrogen-bond acceptors (Lipinski definition) is 3. The number of benzene rings is 2. The van der Waals surface area contributed by atoms with Gasteiger partial charge in [0.1, 0.15) is 12.4 Å². The van der Waals surface area contributed by atoms with Crippen LogP contribution in [0.4, 0.5) is 5.69 Å². The number of ether oxygens (including phenoxy) is 1. The summed E-state index contributed by atoms with van der Waals surface area (Å²) in [6.07, 6.45) is 4.36. The predicted molar refractivity (Wildman–Crippen MR) is 111 cm³/mol. The Morgan fingerprint density at radius 3 is 2.61 bits per heavy atom. The summed E-state index contributed by atoms with van der Waals surface area (Å²) in [4.78, 5) is 14.4. The lowest BCUT2D eigenvalue weighted by atomic mass is 9.88. The molecule has 4 nitrogen and oxygen atoms in total. The van der Waals surface area contributed by atoms with E-state index in [-0.39, 0.29) is 6.04 Å². The van der Waals surface area contributed by atoms with Crippen LogP contribution in [0.1, 0.15) is 54.3 Å². The molecule has 1 amide bonds. The molecule has 0 spiro atoms. The number of fused-ring (bicyclic) bond motifs is 1. The fraction of sp³-hybridized carbons (Fsp3) is 0.458. The van der Waals surface area contributed by atoms with Crippen molar-refractivity contribution in [1.82, 2.24) is 4.90 Å². The third-order valence-corrected chi connectivity index (χ3v) is 6.48. The van der Waals surface area contributed by atoms with Crippen LogP contribution in [-0.2, 0) is 4.79 Å². The maximum absolute atomic E-state index is 12.3. The first kappa shape index (κ1) is 17.6. The summed E-state index contributed by atoms with van der Waals surface area (Å²) < 4.78 is 5.80. The number of nitrogens with zero attached hydrogens (tertiary/aromatic N) is 1. The van der Waals surface area contributed by atoms with Gasteiger partial charge in [0.2, 0.25) is 5.91 Å². The molecule has 0 bridgehead atoms. The monoisotopic (exact) mass is 376 g/mol. The number of hydrogen-bond donors (Lipinski definition) is 1. The van der Waals surface area contributed by atoms with Crippen molar-refractivity contribution in [3.8, 4) is 5.75 Å². The van der Waals surface area contributed by atoms with Crippen LogP contribution in [0, 0.1) is 12.8 Å². The molecule has 2 fully saturated rings. The number of carbonyl (C=O) groups excluding carboxylic acids is 1. The van der Waals surface area contributed by atoms with Gasteiger partial charge >= 0.3 is 0 Å². The van der Waals surface area contributed by atoms with Crippen molar-refractivity contribution < 1.29 is 9.53 Å². The Bertz CT molecular complexity index is 882. The Morgan fingerprint density at radius 1 is 1.07 bits per heavy atom. The van der Waals surface area contributed by atoms with E-state index < -0.39 is 0 Å². The van der Waals surface area contributed by atoms with Crippen LogP contribution in [0.2, 0.25) is 0 Å². The van der Waals surface area contributed by atoms with Crippen LogP contribution in [-0.4, -0.2) is 30.5 Å². The van der Waals surface area contributed by atoms with E-state index in [1.807, 2.05) is 12.1 Å². The Balaban J connectivity index is 1.24. The number of piperidine rings is 1. The third-order valence-electron chi connectivity index (χ3n) is 6.48. The van der Waals surface area contributed by atoms with E-state index >= 15 is 0 Å². The van der Waals surface area contributed by atoms with E-state index in [1.165, 1.54) is 22.4 Å². The smallest absolute Gasteiger partial charge is 0.225 e. The summed E-state index contributed by atoms with van der Waals surface area (Å²) in [5.74, 6) is 2.29. The second kappa shape index (κ2) is 7.16. The summed E-state index contributed by atoms with van der Waals surface area (Å²) in [5, 5.41) is 3.66. The van der Waals surface area contributed by atoms with Crippen molar-refractivity contribution in [2.24, 2.45) is 5.92 Å². The van der Waals surface area contributed by atoms with E-state index in [1.54, 1.807) is 0 Å². The molecule has 3 aliphatic rings. The maximum Gasteiger partial charge on any atom is 0.225 e. The molecule has 2 aromatic carbocycles. The largest absolute Gasteiger partial charge is 0.491 e. The molecule has 4 heteroatoms. The first-order chi connectivity index (χ1) is 13.7. The number of amides is 1. The normalized spacial score (nSPS) is 21.9. The van der Waals surface area contributed by atoms with Gasteiger partial charge in [-0.3, -0.25) is 4.79 Å². The minimum absolute atomic E-state index is 0.206. The standard InChI is InChI=1S/C24H28N2O2/c1-16-14-19(17-10-12-26(13-11-17)24(27)18-6-7-18)8-9-21(16)25-22-15-28-23-5-3-2-4-20(22)23/h2-5,8-9,14,17-18,22,25H,6-7,10-13,15H2,1H3. The van der Waals surface area contributed by atoms with Crippen molar-refractivity contribution in [3.05, 3.63) is 59.2 Å². The van der Waals surface area contributed by atoms with Crippen molar-refractivity contribution in [2.45, 2.75) is 44.6 Å². The molecule has 2 aromatic rings. The summed E-state index contributed by atoms with van der Waals surface area (Å²) in [6.45, 7) is 4.68. The number of likely N-dealkylation sites (tertiary alicyclic amines) is 1. The van der Waals surface area contributed by atoms with Gasteiger partial charge in [-0.05, 0) is 61.8 Å². The van der Waals surface area contributed by atoms with Gasteiger partial charge in [0.15, 0.2) is 0 Å². The van der Waals surface area contributed by atoms with E-state index in [9.17, 15) is 4.79 Å². The second-order valence-corrected chi connectivity index (χ2v) is 8.49. The molecule has 2 heterocycles. The lowest BCUT2D eigenvalue weighted by Crippen LogP contribution is -2.38. The lowest BCUT2D eigenvalue weighted by Gasteiger charge is -2.32. The first-order valence-electron chi connectivity index (χ1n) is 10.6. The van der Waals surface area contributed by atoms with Gasteiger partial charge in [-0.2, -0.15) is 0 Å². The zero-order valence-corrected chi connectivity index (χ0v) is 16.5. The van der Waals surface area contributed by atoms with Crippen LogP contribution < -0.4 is 10.1 Å². The van der Waals surface area contributed by atoms with Gasteiger partial charge in [0.05, 0.1) is 6.04 Å². The minimum Gasteiger partial charge on any atom is -0.491 e. The lowest BCUT2D eigenvalue weighted by molar-refractivity contribution is -0.133. The number of para-hydroxylation sites is 1. The third kappa shape index (κ3) is 3.36. The highest BCUT2D eigenvalue weighted by Gasteiger charge is 2.35. The molecule has 0 aromatic heterocycles.